The number of nitrogens with one attached hydrogen (secondary N) is 1. The van der Waals surface area contributed by atoms with Gasteiger partial charge in [0.15, 0.2) is 0 Å². The molecule has 0 aromatic carbocycles. The molecule has 0 fully saturated rings. The Hall–Kier alpha value is -2.11. The Kier molecular flexibility index (Phi) is 4.33. The molecule has 0 spiro atoms. The molecular formula is C13H19N5O. The molecule has 2 aromatic heterocycles. The molecule has 0 atom stereocenters. The zero-order valence-corrected chi connectivity index (χ0v) is 11.6. The molecule has 19 heavy (non-hydrogen) atoms. The first kappa shape index (κ1) is 13.3. The Morgan fingerprint density at radius 2 is 2.21 bits per heavy atom. The highest BCUT2D eigenvalue weighted by molar-refractivity contribution is 5.47. The quantitative estimate of drug-likeness (QED) is 0.855. The molecule has 2 heterocycles. The summed E-state index contributed by atoms with van der Waals surface area (Å²) >= 11 is 0. The van der Waals surface area contributed by atoms with Crippen molar-refractivity contribution in [1.29, 1.82) is 0 Å². The fourth-order valence-corrected chi connectivity index (χ4v) is 1.82. The highest BCUT2D eigenvalue weighted by Gasteiger charge is 2.07. The van der Waals surface area contributed by atoms with Gasteiger partial charge in [0.1, 0.15) is 12.1 Å². The van der Waals surface area contributed by atoms with Gasteiger partial charge in [0.2, 0.25) is 5.88 Å². The second kappa shape index (κ2) is 6.17. The van der Waals surface area contributed by atoms with Crippen molar-refractivity contribution in [3.05, 3.63) is 29.8 Å². The highest BCUT2D eigenvalue weighted by Crippen LogP contribution is 2.20. The van der Waals surface area contributed by atoms with E-state index in [1.165, 1.54) is 11.9 Å². The van der Waals surface area contributed by atoms with E-state index >= 15 is 0 Å². The molecule has 0 saturated carbocycles. The monoisotopic (exact) mass is 261 g/mol. The van der Waals surface area contributed by atoms with E-state index in [0.717, 1.165) is 24.3 Å². The van der Waals surface area contributed by atoms with Crippen molar-refractivity contribution in [3.63, 3.8) is 0 Å². The van der Waals surface area contributed by atoms with Crippen LogP contribution >= 0.6 is 0 Å². The number of aryl methyl sites for hydroxylation is 1. The van der Waals surface area contributed by atoms with E-state index in [4.69, 9.17) is 4.74 Å². The lowest BCUT2D eigenvalue weighted by atomic mass is 10.2. The second-order valence-electron chi connectivity index (χ2n) is 4.28. The average molecular weight is 261 g/mol. The van der Waals surface area contributed by atoms with Crippen LogP contribution in [0.5, 0.6) is 5.88 Å². The molecule has 0 radical (unpaired) electrons. The van der Waals surface area contributed by atoms with Gasteiger partial charge in [-0.15, -0.1) is 0 Å². The summed E-state index contributed by atoms with van der Waals surface area (Å²) in [5.74, 6) is 1.46. The number of ether oxygens (including phenoxy) is 1. The number of nitrogens with zero attached hydrogens (tertiary/aromatic N) is 4. The van der Waals surface area contributed by atoms with Gasteiger partial charge < -0.3 is 10.1 Å². The number of rotatable bonds is 6. The summed E-state index contributed by atoms with van der Waals surface area (Å²) in [6.07, 6.45) is 6.31. The highest BCUT2D eigenvalue weighted by atomic mass is 16.5. The maximum absolute atomic E-state index is 5.44. The summed E-state index contributed by atoms with van der Waals surface area (Å²) in [7, 11) is 1.92. The van der Waals surface area contributed by atoms with Crippen LogP contribution in [0.4, 0.5) is 5.82 Å². The van der Waals surface area contributed by atoms with Gasteiger partial charge in [-0.3, -0.25) is 4.68 Å². The molecule has 0 aliphatic rings. The third-order valence-corrected chi connectivity index (χ3v) is 2.78. The summed E-state index contributed by atoms with van der Waals surface area (Å²) < 4.78 is 7.24. The van der Waals surface area contributed by atoms with Gasteiger partial charge in [0.25, 0.3) is 0 Å². The lowest BCUT2D eigenvalue weighted by Crippen LogP contribution is -2.09. The normalized spacial score (nSPS) is 10.5. The molecule has 102 valence electrons. The van der Waals surface area contributed by atoms with Gasteiger partial charge in [-0.2, -0.15) is 5.10 Å². The Morgan fingerprint density at radius 3 is 2.89 bits per heavy atom. The van der Waals surface area contributed by atoms with Gasteiger partial charge in [-0.1, -0.05) is 0 Å². The lowest BCUT2D eigenvalue weighted by molar-refractivity contribution is 0.324. The molecule has 6 heteroatoms. The van der Waals surface area contributed by atoms with E-state index in [0.29, 0.717) is 12.5 Å². The largest absolute Gasteiger partial charge is 0.478 e. The molecule has 2 aromatic rings. The van der Waals surface area contributed by atoms with E-state index in [2.05, 4.69) is 20.4 Å². The van der Waals surface area contributed by atoms with Gasteiger partial charge in [-0.25, -0.2) is 9.97 Å². The van der Waals surface area contributed by atoms with Crippen LogP contribution in [0, 0.1) is 6.92 Å². The van der Waals surface area contributed by atoms with E-state index in [1.54, 1.807) is 4.68 Å². The second-order valence-corrected chi connectivity index (χ2v) is 4.28. The minimum Gasteiger partial charge on any atom is -0.478 e. The van der Waals surface area contributed by atoms with Crippen molar-refractivity contribution in [2.24, 2.45) is 7.05 Å². The predicted molar refractivity (Wildman–Crippen MR) is 73.3 cm³/mol. The van der Waals surface area contributed by atoms with Gasteiger partial charge in [0, 0.05) is 19.8 Å². The third-order valence-electron chi connectivity index (χ3n) is 2.78. The molecule has 0 saturated heterocycles. The summed E-state index contributed by atoms with van der Waals surface area (Å²) in [5, 5.41) is 7.44. The van der Waals surface area contributed by atoms with E-state index in [1.807, 2.05) is 33.3 Å². The van der Waals surface area contributed by atoms with E-state index < -0.39 is 0 Å². The molecule has 0 unspecified atom stereocenters. The van der Waals surface area contributed by atoms with Crippen LogP contribution in [-0.4, -0.2) is 32.9 Å². The van der Waals surface area contributed by atoms with Crippen molar-refractivity contribution in [2.75, 3.05) is 18.5 Å². The minimum atomic E-state index is 0.604. The Bertz CT molecular complexity index is 538. The standard InChI is InChI=1S/C13H19N5O/c1-4-19-13-10(2)12(15-9-16-13)14-6-5-11-7-17-18(3)8-11/h7-9H,4-6H2,1-3H3,(H,14,15,16). The molecule has 0 amide bonds. The fraction of sp³-hybridized carbons (Fsp3) is 0.462. The number of aromatic nitrogens is 4. The number of hydrogen-bond acceptors (Lipinski definition) is 5. The van der Waals surface area contributed by atoms with Crippen LogP contribution in [0.1, 0.15) is 18.1 Å². The molecule has 0 aliphatic heterocycles. The first-order valence-electron chi connectivity index (χ1n) is 6.36. The molecular weight excluding hydrogens is 242 g/mol. The third kappa shape index (κ3) is 3.43. The lowest BCUT2D eigenvalue weighted by Gasteiger charge is -2.10. The van der Waals surface area contributed by atoms with Crippen molar-refractivity contribution in [2.45, 2.75) is 20.3 Å². The molecule has 2 rings (SSSR count). The van der Waals surface area contributed by atoms with Crippen LogP contribution in [0.3, 0.4) is 0 Å². The summed E-state index contributed by atoms with van der Waals surface area (Å²) in [6.45, 7) is 5.30. The predicted octanol–water partition coefficient (Wildman–Crippen LogP) is 1.57. The first-order valence-corrected chi connectivity index (χ1v) is 6.36. The first-order chi connectivity index (χ1) is 9.20. The van der Waals surface area contributed by atoms with Gasteiger partial charge in [-0.05, 0) is 25.8 Å². The molecule has 0 bridgehead atoms. The van der Waals surface area contributed by atoms with Crippen LogP contribution in [0.2, 0.25) is 0 Å². The fourth-order valence-electron chi connectivity index (χ4n) is 1.82. The zero-order chi connectivity index (χ0) is 13.7. The van der Waals surface area contributed by atoms with Crippen LogP contribution in [0.15, 0.2) is 18.7 Å². The van der Waals surface area contributed by atoms with E-state index in [-0.39, 0.29) is 0 Å². The zero-order valence-electron chi connectivity index (χ0n) is 11.6. The van der Waals surface area contributed by atoms with Crippen molar-refractivity contribution in [3.8, 4) is 5.88 Å². The number of anilines is 1. The minimum absolute atomic E-state index is 0.604. The van der Waals surface area contributed by atoms with Crippen LogP contribution in [-0.2, 0) is 13.5 Å². The number of hydrogen-bond donors (Lipinski definition) is 1. The van der Waals surface area contributed by atoms with E-state index in [9.17, 15) is 0 Å². The Labute approximate surface area is 112 Å². The van der Waals surface area contributed by atoms with Crippen molar-refractivity contribution >= 4 is 5.82 Å². The smallest absolute Gasteiger partial charge is 0.221 e. The summed E-state index contributed by atoms with van der Waals surface area (Å²) in [4.78, 5) is 8.35. The van der Waals surface area contributed by atoms with Crippen LogP contribution in [0.25, 0.3) is 0 Å². The SMILES string of the molecule is CCOc1ncnc(NCCc2cnn(C)c2)c1C. The maximum atomic E-state index is 5.44. The maximum Gasteiger partial charge on any atom is 0.221 e. The Balaban J connectivity index is 1.94. The molecule has 6 nitrogen and oxygen atoms in total. The van der Waals surface area contributed by atoms with Gasteiger partial charge >= 0.3 is 0 Å². The van der Waals surface area contributed by atoms with Gasteiger partial charge in [0.05, 0.1) is 18.4 Å². The van der Waals surface area contributed by atoms with Crippen molar-refractivity contribution in [1.82, 2.24) is 19.7 Å². The summed E-state index contributed by atoms with van der Waals surface area (Å²) in [6, 6.07) is 0. The average Bonchev–Trinajstić information content (AvgIpc) is 2.80. The van der Waals surface area contributed by atoms with Crippen molar-refractivity contribution < 1.29 is 4.74 Å². The topological polar surface area (TPSA) is 64.9 Å². The molecule has 1 N–H and O–H groups in total. The van der Waals surface area contributed by atoms with Crippen LogP contribution < -0.4 is 10.1 Å². The summed E-state index contributed by atoms with van der Waals surface area (Å²) in [5.41, 5.74) is 2.14. The molecule has 0 aliphatic carbocycles. The Morgan fingerprint density at radius 1 is 1.37 bits per heavy atom.